The molecule has 0 fully saturated rings. The predicted molar refractivity (Wildman–Crippen MR) is 60.6 cm³/mol. The van der Waals surface area contributed by atoms with E-state index in [1.807, 2.05) is 0 Å². The zero-order valence-electron chi connectivity index (χ0n) is 9.64. The summed E-state index contributed by atoms with van der Waals surface area (Å²) < 4.78 is 0. The van der Waals surface area contributed by atoms with Gasteiger partial charge in [-0.1, -0.05) is 46.3 Å². The van der Waals surface area contributed by atoms with E-state index in [0.717, 1.165) is 12.8 Å². The molecule has 0 aliphatic carbocycles. The summed E-state index contributed by atoms with van der Waals surface area (Å²) in [4.78, 5) is 0. The van der Waals surface area contributed by atoms with Crippen LogP contribution in [0.5, 0.6) is 0 Å². The monoisotopic (exact) mass is 183 g/mol. The van der Waals surface area contributed by atoms with Crippen molar-refractivity contribution in [1.29, 1.82) is 0 Å². The highest BCUT2D eigenvalue weighted by Gasteiger charge is 2.11. The lowest BCUT2D eigenvalue weighted by molar-refractivity contribution is 0.416. The normalized spacial score (nSPS) is 15.8. The van der Waals surface area contributed by atoms with Crippen molar-refractivity contribution >= 4 is 0 Å². The van der Waals surface area contributed by atoms with E-state index in [0.29, 0.717) is 17.9 Å². The SMILES string of the molecule is C=C(CCC(N)C(C)CC)C(C)C. The Morgan fingerprint density at radius 2 is 1.85 bits per heavy atom. The van der Waals surface area contributed by atoms with Crippen molar-refractivity contribution in [3.63, 3.8) is 0 Å². The highest BCUT2D eigenvalue weighted by molar-refractivity contribution is 4.97. The fourth-order valence-electron chi connectivity index (χ4n) is 1.23. The second kappa shape index (κ2) is 6.20. The van der Waals surface area contributed by atoms with Gasteiger partial charge in [0.15, 0.2) is 0 Å². The van der Waals surface area contributed by atoms with Crippen molar-refractivity contribution in [3.8, 4) is 0 Å². The first-order valence-corrected chi connectivity index (χ1v) is 5.42. The second-order valence-corrected chi connectivity index (χ2v) is 4.40. The molecule has 0 aliphatic heterocycles. The summed E-state index contributed by atoms with van der Waals surface area (Å²) in [5, 5.41) is 0. The predicted octanol–water partition coefficient (Wildman–Crippen LogP) is 3.35. The molecule has 2 atom stereocenters. The molecule has 0 aromatic heterocycles. The molecule has 1 nitrogen and oxygen atoms in total. The Morgan fingerprint density at radius 3 is 2.23 bits per heavy atom. The molecule has 0 amide bonds. The van der Waals surface area contributed by atoms with Crippen LogP contribution in [0.1, 0.15) is 47.0 Å². The van der Waals surface area contributed by atoms with Gasteiger partial charge in [0.1, 0.15) is 0 Å². The minimum Gasteiger partial charge on any atom is -0.327 e. The first kappa shape index (κ1) is 12.7. The number of nitrogens with two attached hydrogens (primary N) is 1. The summed E-state index contributed by atoms with van der Waals surface area (Å²) in [5.74, 6) is 1.24. The maximum atomic E-state index is 6.04. The van der Waals surface area contributed by atoms with E-state index in [4.69, 9.17) is 5.73 Å². The Bertz CT molecular complexity index is 149. The average molecular weight is 183 g/mol. The molecular weight excluding hydrogens is 158 g/mol. The fraction of sp³-hybridized carbons (Fsp3) is 0.833. The number of allylic oxidation sites excluding steroid dienone is 1. The van der Waals surface area contributed by atoms with E-state index >= 15 is 0 Å². The van der Waals surface area contributed by atoms with Gasteiger partial charge in [0.05, 0.1) is 0 Å². The Balaban J connectivity index is 3.69. The Hall–Kier alpha value is -0.300. The lowest BCUT2D eigenvalue weighted by Crippen LogP contribution is -2.27. The van der Waals surface area contributed by atoms with Crippen LogP contribution in [0.2, 0.25) is 0 Å². The number of hydrogen-bond donors (Lipinski definition) is 1. The van der Waals surface area contributed by atoms with Gasteiger partial charge in [-0.25, -0.2) is 0 Å². The van der Waals surface area contributed by atoms with Crippen LogP contribution >= 0.6 is 0 Å². The van der Waals surface area contributed by atoms with Crippen molar-refractivity contribution in [2.75, 3.05) is 0 Å². The summed E-state index contributed by atoms with van der Waals surface area (Å²) in [7, 11) is 0. The number of hydrogen-bond acceptors (Lipinski definition) is 1. The van der Waals surface area contributed by atoms with Crippen LogP contribution in [0.15, 0.2) is 12.2 Å². The molecule has 0 heterocycles. The third-order valence-electron chi connectivity index (χ3n) is 2.99. The summed E-state index contributed by atoms with van der Waals surface area (Å²) >= 11 is 0. The molecule has 0 aromatic carbocycles. The van der Waals surface area contributed by atoms with Gasteiger partial charge < -0.3 is 5.73 Å². The summed E-state index contributed by atoms with van der Waals surface area (Å²) in [6, 6.07) is 0.348. The van der Waals surface area contributed by atoms with Crippen LogP contribution in [0.3, 0.4) is 0 Å². The lowest BCUT2D eigenvalue weighted by atomic mass is 9.92. The Labute approximate surface area is 83.4 Å². The average Bonchev–Trinajstić information content (AvgIpc) is 2.11. The Kier molecular flexibility index (Phi) is 6.06. The molecule has 0 rings (SSSR count). The standard InChI is InChI=1S/C12H25N/c1-6-10(4)12(13)8-7-11(5)9(2)3/h9-10,12H,5-8,13H2,1-4H3. The molecule has 0 aromatic rings. The third kappa shape index (κ3) is 5.09. The topological polar surface area (TPSA) is 26.0 Å². The molecule has 2 N–H and O–H groups in total. The molecule has 0 bridgehead atoms. The smallest absolute Gasteiger partial charge is 0.00674 e. The van der Waals surface area contributed by atoms with Crippen LogP contribution in [0, 0.1) is 11.8 Å². The summed E-state index contributed by atoms with van der Waals surface area (Å²) in [6.45, 7) is 12.9. The third-order valence-corrected chi connectivity index (χ3v) is 2.99. The van der Waals surface area contributed by atoms with Gasteiger partial charge in [-0.2, -0.15) is 0 Å². The minimum atomic E-state index is 0.348. The van der Waals surface area contributed by atoms with Gasteiger partial charge in [0, 0.05) is 6.04 Å². The van der Waals surface area contributed by atoms with E-state index in [-0.39, 0.29) is 0 Å². The van der Waals surface area contributed by atoms with Crippen LogP contribution in [0.25, 0.3) is 0 Å². The van der Waals surface area contributed by atoms with Crippen LogP contribution in [-0.2, 0) is 0 Å². The van der Waals surface area contributed by atoms with Crippen molar-refractivity contribution in [2.45, 2.75) is 53.0 Å². The van der Waals surface area contributed by atoms with Crippen LogP contribution in [-0.4, -0.2) is 6.04 Å². The molecule has 0 radical (unpaired) electrons. The largest absolute Gasteiger partial charge is 0.327 e. The van der Waals surface area contributed by atoms with E-state index in [2.05, 4.69) is 34.3 Å². The van der Waals surface area contributed by atoms with Gasteiger partial charge in [0.25, 0.3) is 0 Å². The van der Waals surface area contributed by atoms with Gasteiger partial charge in [-0.15, -0.1) is 0 Å². The van der Waals surface area contributed by atoms with E-state index in [1.54, 1.807) is 0 Å². The quantitative estimate of drug-likeness (QED) is 0.628. The Morgan fingerprint density at radius 1 is 1.31 bits per heavy atom. The maximum absolute atomic E-state index is 6.04. The molecular formula is C12H25N. The maximum Gasteiger partial charge on any atom is 0.00674 e. The zero-order chi connectivity index (χ0) is 10.4. The van der Waals surface area contributed by atoms with Gasteiger partial charge in [-0.05, 0) is 24.7 Å². The van der Waals surface area contributed by atoms with Crippen molar-refractivity contribution in [1.82, 2.24) is 0 Å². The first-order chi connectivity index (χ1) is 5.99. The molecule has 0 spiro atoms. The van der Waals surface area contributed by atoms with E-state index in [9.17, 15) is 0 Å². The zero-order valence-corrected chi connectivity index (χ0v) is 9.64. The second-order valence-electron chi connectivity index (χ2n) is 4.40. The van der Waals surface area contributed by atoms with Crippen LogP contribution in [0.4, 0.5) is 0 Å². The number of rotatable bonds is 6. The molecule has 0 saturated heterocycles. The summed E-state index contributed by atoms with van der Waals surface area (Å²) in [5.41, 5.74) is 7.37. The molecule has 78 valence electrons. The van der Waals surface area contributed by atoms with Gasteiger partial charge >= 0.3 is 0 Å². The molecule has 13 heavy (non-hydrogen) atoms. The van der Waals surface area contributed by atoms with Crippen molar-refractivity contribution < 1.29 is 0 Å². The fourth-order valence-corrected chi connectivity index (χ4v) is 1.23. The lowest BCUT2D eigenvalue weighted by Gasteiger charge is -2.19. The van der Waals surface area contributed by atoms with E-state index in [1.165, 1.54) is 12.0 Å². The molecule has 0 aliphatic rings. The van der Waals surface area contributed by atoms with Gasteiger partial charge in [0.2, 0.25) is 0 Å². The van der Waals surface area contributed by atoms with Gasteiger partial charge in [-0.3, -0.25) is 0 Å². The highest BCUT2D eigenvalue weighted by atomic mass is 14.6. The van der Waals surface area contributed by atoms with E-state index < -0.39 is 0 Å². The van der Waals surface area contributed by atoms with Crippen LogP contribution < -0.4 is 5.73 Å². The minimum absolute atomic E-state index is 0.348. The molecule has 2 unspecified atom stereocenters. The molecule has 0 saturated carbocycles. The molecule has 1 heteroatoms. The first-order valence-electron chi connectivity index (χ1n) is 5.42. The summed E-state index contributed by atoms with van der Waals surface area (Å²) in [6.07, 6.45) is 3.35. The van der Waals surface area contributed by atoms with Crippen molar-refractivity contribution in [2.24, 2.45) is 17.6 Å². The highest BCUT2D eigenvalue weighted by Crippen LogP contribution is 2.17. The van der Waals surface area contributed by atoms with Crippen molar-refractivity contribution in [3.05, 3.63) is 12.2 Å².